The van der Waals surface area contributed by atoms with Gasteiger partial charge in [0.15, 0.2) is 5.82 Å². The van der Waals surface area contributed by atoms with Crippen molar-refractivity contribution in [3.8, 4) is 0 Å². The second-order valence-corrected chi connectivity index (χ2v) is 6.10. The molecular weight excluding hydrogens is 336 g/mol. The Morgan fingerprint density at radius 3 is 1.85 bits per heavy atom. The van der Waals surface area contributed by atoms with Gasteiger partial charge in [0.2, 0.25) is 5.96 Å². The van der Waals surface area contributed by atoms with Crippen LogP contribution in [0.4, 0.5) is 17.1 Å². The van der Waals surface area contributed by atoms with E-state index >= 15 is 0 Å². The molecule has 0 aromatic heterocycles. The van der Waals surface area contributed by atoms with Gasteiger partial charge in [0.1, 0.15) is 6.26 Å². The zero-order chi connectivity index (χ0) is 18.6. The number of benzene rings is 3. The van der Waals surface area contributed by atoms with Gasteiger partial charge in [-0.3, -0.25) is 4.90 Å². The van der Waals surface area contributed by atoms with E-state index in [1.54, 1.807) is 5.01 Å². The van der Waals surface area contributed by atoms with Crippen LogP contribution in [0, 0.1) is 0 Å². The Bertz CT molecular complexity index is 955. The van der Waals surface area contributed by atoms with Crippen LogP contribution in [-0.4, -0.2) is 18.1 Å². The number of para-hydroxylation sites is 3. The fourth-order valence-corrected chi connectivity index (χ4v) is 3.06. The lowest BCUT2D eigenvalue weighted by Gasteiger charge is -2.28. The van der Waals surface area contributed by atoms with Crippen molar-refractivity contribution in [1.82, 2.24) is 0 Å². The highest BCUT2D eigenvalue weighted by Crippen LogP contribution is 2.33. The summed E-state index contributed by atoms with van der Waals surface area (Å²) in [6.45, 7) is 0. The van der Waals surface area contributed by atoms with Crippen LogP contribution in [0.2, 0.25) is 0 Å². The predicted molar refractivity (Wildman–Crippen MR) is 111 cm³/mol. The van der Waals surface area contributed by atoms with Crippen molar-refractivity contribution in [1.29, 1.82) is 0 Å². The number of rotatable bonds is 3. The molecule has 0 aliphatic carbocycles. The third kappa shape index (κ3) is 3.11. The molecular formula is C22H20N4O. The number of anilines is 3. The van der Waals surface area contributed by atoms with E-state index in [0.717, 1.165) is 23.3 Å². The average Bonchev–Trinajstić information content (AvgIpc) is 3.14. The molecule has 0 unspecified atom stereocenters. The first-order valence-corrected chi connectivity index (χ1v) is 8.71. The number of nitrogens with zero attached hydrogens (tertiary/aromatic N) is 4. The maximum absolute atomic E-state index is 10.1. The highest BCUT2D eigenvalue weighted by atomic mass is 16.2. The molecule has 0 amide bonds. The van der Waals surface area contributed by atoms with E-state index in [9.17, 15) is 5.11 Å². The lowest BCUT2D eigenvalue weighted by atomic mass is 10.2. The van der Waals surface area contributed by atoms with Gasteiger partial charge < -0.3 is 10.0 Å². The molecule has 4 rings (SSSR count). The normalized spacial score (nSPS) is 15.1. The Labute approximate surface area is 158 Å². The molecule has 3 aromatic rings. The smallest absolute Gasteiger partial charge is 0.234 e. The molecule has 3 aromatic carbocycles. The van der Waals surface area contributed by atoms with Gasteiger partial charge in [-0.05, 0) is 36.4 Å². The third-order valence-electron chi connectivity index (χ3n) is 4.41. The molecule has 0 saturated carbocycles. The van der Waals surface area contributed by atoms with E-state index in [1.165, 1.54) is 0 Å². The van der Waals surface area contributed by atoms with Crippen LogP contribution < -0.4 is 14.8 Å². The summed E-state index contributed by atoms with van der Waals surface area (Å²) in [5.41, 5.74) is 2.79. The summed E-state index contributed by atoms with van der Waals surface area (Å²) in [7, 11) is 1.97. The molecule has 1 aliphatic rings. The van der Waals surface area contributed by atoms with Gasteiger partial charge >= 0.3 is 0 Å². The minimum absolute atomic E-state index is 0.560. The monoisotopic (exact) mass is 356 g/mol. The number of aliphatic hydroxyl groups excluding tert-OH is 1. The van der Waals surface area contributed by atoms with Crippen molar-refractivity contribution >= 4 is 23.0 Å². The molecule has 0 atom stereocenters. The number of hydrogen-bond donors (Lipinski definition) is 1. The summed E-state index contributed by atoms with van der Waals surface area (Å²) >= 11 is 0. The minimum atomic E-state index is 0.560. The van der Waals surface area contributed by atoms with Crippen LogP contribution in [0.1, 0.15) is 0 Å². The Morgan fingerprint density at radius 1 is 0.778 bits per heavy atom. The maximum atomic E-state index is 10.1. The fourth-order valence-electron chi connectivity index (χ4n) is 3.06. The molecule has 1 N–H and O–H groups in total. The van der Waals surface area contributed by atoms with Crippen molar-refractivity contribution in [3.63, 3.8) is 0 Å². The lowest BCUT2D eigenvalue weighted by Crippen LogP contribution is -2.39. The summed E-state index contributed by atoms with van der Waals surface area (Å²) in [5.74, 6) is 1.25. The first-order valence-electron chi connectivity index (χ1n) is 8.71. The van der Waals surface area contributed by atoms with E-state index in [1.807, 2.05) is 108 Å². The van der Waals surface area contributed by atoms with Crippen LogP contribution in [0.3, 0.4) is 0 Å². The third-order valence-corrected chi connectivity index (χ3v) is 4.41. The van der Waals surface area contributed by atoms with Crippen molar-refractivity contribution < 1.29 is 5.11 Å². The Hall–Kier alpha value is -3.73. The van der Waals surface area contributed by atoms with Gasteiger partial charge in [-0.15, -0.1) is 5.10 Å². The standard InChI is InChI=1S/C22H20N4O/c1-24(18-11-5-2-6-12-18)22-23-26(20-15-9-4-10-16-20)21(17-27)25(22)19-13-7-3-8-14-19/h2-17,27H,1H3/b21-17+. The van der Waals surface area contributed by atoms with E-state index < -0.39 is 0 Å². The van der Waals surface area contributed by atoms with Crippen LogP contribution in [0.5, 0.6) is 0 Å². The largest absolute Gasteiger partial charge is 0.512 e. The van der Waals surface area contributed by atoms with Crippen molar-refractivity contribution in [2.75, 3.05) is 21.9 Å². The molecule has 1 heterocycles. The van der Waals surface area contributed by atoms with Crippen molar-refractivity contribution in [2.24, 2.45) is 5.10 Å². The summed E-state index contributed by atoms with van der Waals surface area (Å²) in [5, 5.41) is 16.6. The predicted octanol–water partition coefficient (Wildman–Crippen LogP) is 4.78. The zero-order valence-corrected chi connectivity index (χ0v) is 15.0. The van der Waals surface area contributed by atoms with Crippen LogP contribution in [-0.2, 0) is 0 Å². The molecule has 1 aliphatic heterocycles. The topological polar surface area (TPSA) is 42.3 Å². The van der Waals surface area contributed by atoms with Crippen LogP contribution >= 0.6 is 0 Å². The molecule has 27 heavy (non-hydrogen) atoms. The van der Waals surface area contributed by atoms with Gasteiger partial charge in [0, 0.05) is 12.7 Å². The Kier molecular flexibility index (Phi) is 4.49. The van der Waals surface area contributed by atoms with E-state index in [-0.39, 0.29) is 0 Å². The zero-order valence-electron chi connectivity index (χ0n) is 15.0. The Balaban J connectivity index is 1.83. The second-order valence-electron chi connectivity index (χ2n) is 6.10. The molecule has 0 radical (unpaired) electrons. The summed E-state index contributed by atoms with van der Waals surface area (Å²) in [6, 6.07) is 29.7. The van der Waals surface area contributed by atoms with Gasteiger partial charge in [-0.2, -0.15) is 0 Å². The summed E-state index contributed by atoms with van der Waals surface area (Å²) in [6.07, 6.45) is 1.09. The molecule has 0 bridgehead atoms. The van der Waals surface area contributed by atoms with E-state index in [4.69, 9.17) is 5.10 Å². The number of guanidine groups is 1. The van der Waals surface area contributed by atoms with Gasteiger partial charge in [0.25, 0.3) is 0 Å². The molecule has 0 fully saturated rings. The fraction of sp³-hybridized carbons (Fsp3) is 0.0455. The first-order chi connectivity index (χ1) is 13.3. The molecule has 134 valence electrons. The summed E-state index contributed by atoms with van der Waals surface area (Å²) < 4.78 is 0. The average molecular weight is 356 g/mol. The molecule has 0 spiro atoms. The molecule has 5 heteroatoms. The maximum Gasteiger partial charge on any atom is 0.234 e. The SMILES string of the molecule is CN(C1=NN(c2ccccc2)/C(=C/O)N1c1ccccc1)c1ccccc1. The van der Waals surface area contributed by atoms with Crippen molar-refractivity contribution in [2.45, 2.75) is 0 Å². The second kappa shape index (κ2) is 7.25. The lowest BCUT2D eigenvalue weighted by molar-refractivity contribution is 0.465. The summed E-state index contributed by atoms with van der Waals surface area (Å²) in [4.78, 5) is 3.93. The highest BCUT2D eigenvalue weighted by Gasteiger charge is 2.34. The van der Waals surface area contributed by atoms with E-state index in [0.29, 0.717) is 11.8 Å². The highest BCUT2D eigenvalue weighted by molar-refractivity contribution is 6.11. The van der Waals surface area contributed by atoms with Crippen molar-refractivity contribution in [3.05, 3.63) is 103 Å². The van der Waals surface area contributed by atoms with Crippen LogP contribution in [0.15, 0.2) is 108 Å². The minimum Gasteiger partial charge on any atom is -0.512 e. The van der Waals surface area contributed by atoms with Gasteiger partial charge in [0.05, 0.1) is 11.4 Å². The first kappa shape index (κ1) is 16.7. The number of hydrogen-bond acceptors (Lipinski definition) is 5. The molecule has 0 saturated heterocycles. The van der Waals surface area contributed by atoms with E-state index in [2.05, 4.69) is 0 Å². The Morgan fingerprint density at radius 2 is 1.30 bits per heavy atom. The quantitative estimate of drug-likeness (QED) is 0.686. The number of aliphatic hydroxyl groups is 1. The number of hydrazone groups is 1. The molecule has 5 nitrogen and oxygen atoms in total. The van der Waals surface area contributed by atoms with Gasteiger partial charge in [-0.25, -0.2) is 5.01 Å². The van der Waals surface area contributed by atoms with Gasteiger partial charge in [-0.1, -0.05) is 54.6 Å². The van der Waals surface area contributed by atoms with Crippen LogP contribution in [0.25, 0.3) is 0 Å².